The molecule has 0 aromatic rings. The molecule has 0 radical (unpaired) electrons. The van der Waals surface area contributed by atoms with Gasteiger partial charge in [0.25, 0.3) is 10.1 Å². The van der Waals surface area contributed by atoms with Crippen LogP contribution >= 0.6 is 0 Å². The first kappa shape index (κ1) is 12.9. The van der Waals surface area contributed by atoms with Gasteiger partial charge in [0.05, 0.1) is 10.9 Å². The van der Waals surface area contributed by atoms with Gasteiger partial charge >= 0.3 is 0 Å². The summed E-state index contributed by atoms with van der Waals surface area (Å²) in [7, 11) is -3.44. The van der Waals surface area contributed by atoms with Crippen LogP contribution in [0, 0.1) is 5.92 Å². The lowest BCUT2D eigenvalue weighted by atomic mass is 10.1. The fraction of sp³-hybridized carbons (Fsp3) is 1.00. The van der Waals surface area contributed by atoms with Gasteiger partial charge in [0.1, 0.15) is 0 Å². The molecule has 0 aromatic carbocycles. The zero-order valence-corrected chi connectivity index (χ0v) is 10.1. The molecule has 1 unspecified atom stereocenters. The van der Waals surface area contributed by atoms with Gasteiger partial charge < -0.3 is 0 Å². The van der Waals surface area contributed by atoms with Crippen LogP contribution in [0.5, 0.6) is 0 Å². The lowest BCUT2D eigenvalue weighted by Crippen LogP contribution is -2.33. The molecular formula is C9H20O3S. The zero-order valence-electron chi connectivity index (χ0n) is 9.29. The Labute approximate surface area is 81.6 Å². The Morgan fingerprint density at radius 1 is 1.08 bits per heavy atom. The van der Waals surface area contributed by atoms with Gasteiger partial charge in [0.2, 0.25) is 0 Å². The zero-order chi connectivity index (χ0) is 10.9. The van der Waals surface area contributed by atoms with Gasteiger partial charge in [-0.05, 0) is 33.6 Å². The maximum Gasteiger partial charge on any atom is 0.272 e. The topological polar surface area (TPSA) is 43.4 Å². The number of hydrogen-bond acceptors (Lipinski definition) is 3. The fourth-order valence-electron chi connectivity index (χ4n) is 0.455. The normalized spacial score (nSPS) is 16.2. The van der Waals surface area contributed by atoms with Crippen molar-refractivity contribution >= 4 is 10.1 Å². The minimum atomic E-state index is -3.44. The van der Waals surface area contributed by atoms with Crippen molar-refractivity contribution in [3.8, 4) is 0 Å². The maximum absolute atomic E-state index is 11.5. The lowest BCUT2D eigenvalue weighted by Gasteiger charge is -2.23. The average Bonchev–Trinajstić information content (AvgIpc) is 1.83. The molecule has 0 aromatic heterocycles. The highest BCUT2D eigenvalue weighted by molar-refractivity contribution is 7.88. The van der Waals surface area contributed by atoms with Gasteiger partial charge in [-0.1, -0.05) is 13.8 Å². The smallest absolute Gasteiger partial charge is 0.266 e. The van der Waals surface area contributed by atoms with Crippen LogP contribution in [0.4, 0.5) is 0 Å². The van der Waals surface area contributed by atoms with E-state index in [0.29, 0.717) is 0 Å². The van der Waals surface area contributed by atoms with Crippen molar-refractivity contribution in [3.63, 3.8) is 0 Å². The summed E-state index contributed by atoms with van der Waals surface area (Å²) < 4.78 is 27.3. The Hall–Kier alpha value is -0.0900. The molecule has 0 aliphatic heterocycles. The second-order valence-corrected chi connectivity index (χ2v) is 6.94. The van der Waals surface area contributed by atoms with Crippen molar-refractivity contribution in [1.82, 2.24) is 0 Å². The van der Waals surface area contributed by atoms with E-state index >= 15 is 0 Å². The molecule has 0 aliphatic rings. The van der Waals surface area contributed by atoms with E-state index in [1.807, 2.05) is 13.8 Å². The molecule has 80 valence electrons. The molecule has 3 nitrogen and oxygen atoms in total. The summed E-state index contributed by atoms with van der Waals surface area (Å²) >= 11 is 0. The minimum Gasteiger partial charge on any atom is -0.266 e. The van der Waals surface area contributed by atoms with Crippen molar-refractivity contribution in [2.24, 2.45) is 5.92 Å². The van der Waals surface area contributed by atoms with E-state index in [9.17, 15) is 8.42 Å². The molecule has 0 rings (SSSR count). The first-order chi connectivity index (χ1) is 5.58. The van der Waals surface area contributed by atoms with Crippen molar-refractivity contribution in [2.45, 2.75) is 52.4 Å². The first-order valence-electron chi connectivity index (χ1n) is 4.51. The van der Waals surface area contributed by atoms with E-state index in [-0.39, 0.29) is 12.0 Å². The lowest BCUT2D eigenvalue weighted by molar-refractivity contribution is 0.172. The van der Waals surface area contributed by atoms with Crippen LogP contribution < -0.4 is 0 Å². The molecule has 1 atom stereocenters. The third-order valence-corrected chi connectivity index (χ3v) is 4.02. The monoisotopic (exact) mass is 208 g/mol. The number of rotatable bonds is 3. The van der Waals surface area contributed by atoms with Crippen molar-refractivity contribution < 1.29 is 12.6 Å². The Kier molecular flexibility index (Phi) is 3.94. The molecule has 0 saturated heterocycles. The predicted octanol–water partition coefficient (Wildman–Crippen LogP) is 2.18. The third-order valence-electron chi connectivity index (χ3n) is 1.97. The van der Waals surface area contributed by atoms with Crippen LogP contribution in [0.3, 0.4) is 0 Å². The molecule has 0 saturated carbocycles. The highest BCUT2D eigenvalue weighted by Gasteiger charge is 2.32. The molecular weight excluding hydrogens is 188 g/mol. The summed E-state index contributed by atoms with van der Waals surface area (Å²) in [6, 6.07) is 0. The van der Waals surface area contributed by atoms with Crippen molar-refractivity contribution in [3.05, 3.63) is 0 Å². The molecule has 0 amide bonds. The molecule has 0 aliphatic carbocycles. The Balaban J connectivity index is 4.55. The van der Waals surface area contributed by atoms with E-state index in [2.05, 4.69) is 0 Å². The first-order valence-corrected chi connectivity index (χ1v) is 5.91. The molecule has 0 N–H and O–H groups in total. The van der Waals surface area contributed by atoms with Gasteiger partial charge in [-0.25, -0.2) is 0 Å². The SMILES string of the molecule is CC(C)C(C)OS(=O)(=O)C(C)(C)C. The quantitative estimate of drug-likeness (QED) is 0.668. The third kappa shape index (κ3) is 3.65. The largest absolute Gasteiger partial charge is 0.272 e. The molecule has 13 heavy (non-hydrogen) atoms. The van der Waals surface area contributed by atoms with Gasteiger partial charge in [-0.15, -0.1) is 0 Å². The van der Waals surface area contributed by atoms with E-state index in [1.165, 1.54) is 0 Å². The van der Waals surface area contributed by atoms with Gasteiger partial charge in [-0.3, -0.25) is 4.18 Å². The summed E-state index contributed by atoms with van der Waals surface area (Å²) in [5.74, 6) is 0.206. The van der Waals surface area contributed by atoms with Gasteiger partial charge in [-0.2, -0.15) is 8.42 Å². The van der Waals surface area contributed by atoms with Crippen molar-refractivity contribution in [2.75, 3.05) is 0 Å². The van der Waals surface area contributed by atoms with E-state index in [1.54, 1.807) is 27.7 Å². The highest BCUT2D eigenvalue weighted by Crippen LogP contribution is 2.20. The molecule has 4 heteroatoms. The summed E-state index contributed by atoms with van der Waals surface area (Å²) in [6.07, 6.45) is -0.260. The molecule has 0 fully saturated rings. The van der Waals surface area contributed by atoms with E-state index in [0.717, 1.165) is 0 Å². The molecule has 0 heterocycles. The van der Waals surface area contributed by atoms with Crippen LogP contribution in [0.15, 0.2) is 0 Å². The summed E-state index contributed by atoms with van der Waals surface area (Å²) in [6.45, 7) is 10.5. The van der Waals surface area contributed by atoms with Crippen LogP contribution in [0.2, 0.25) is 0 Å². The van der Waals surface area contributed by atoms with Gasteiger partial charge in [0, 0.05) is 0 Å². The Morgan fingerprint density at radius 3 is 1.69 bits per heavy atom. The minimum absolute atomic E-state index is 0.206. The molecule has 0 spiro atoms. The summed E-state index contributed by atoms with van der Waals surface area (Å²) in [5, 5.41) is 0. The van der Waals surface area contributed by atoms with Crippen LogP contribution in [0.25, 0.3) is 0 Å². The van der Waals surface area contributed by atoms with Crippen LogP contribution in [-0.2, 0) is 14.3 Å². The van der Waals surface area contributed by atoms with Crippen LogP contribution in [0.1, 0.15) is 41.5 Å². The van der Waals surface area contributed by atoms with Crippen LogP contribution in [-0.4, -0.2) is 19.3 Å². The average molecular weight is 208 g/mol. The number of hydrogen-bond donors (Lipinski definition) is 0. The van der Waals surface area contributed by atoms with E-state index < -0.39 is 14.9 Å². The highest BCUT2D eigenvalue weighted by atomic mass is 32.2. The summed E-state index contributed by atoms with van der Waals surface area (Å²) in [4.78, 5) is 0. The Bertz CT molecular complexity index is 247. The second-order valence-electron chi connectivity index (χ2n) is 4.61. The van der Waals surface area contributed by atoms with Crippen molar-refractivity contribution in [1.29, 1.82) is 0 Å². The maximum atomic E-state index is 11.5. The molecule has 0 bridgehead atoms. The predicted molar refractivity (Wildman–Crippen MR) is 54.1 cm³/mol. The standard InChI is InChI=1S/C9H20O3S/c1-7(2)8(3)12-13(10,11)9(4,5)6/h7-8H,1-6H3. The van der Waals surface area contributed by atoms with E-state index in [4.69, 9.17) is 4.18 Å². The Morgan fingerprint density at radius 2 is 1.46 bits per heavy atom. The summed E-state index contributed by atoms with van der Waals surface area (Å²) in [5.41, 5.74) is 0. The fourth-order valence-corrected chi connectivity index (χ4v) is 1.37. The van der Waals surface area contributed by atoms with Gasteiger partial charge in [0.15, 0.2) is 0 Å². The second kappa shape index (κ2) is 3.96.